The van der Waals surface area contributed by atoms with Gasteiger partial charge in [0.05, 0.1) is 13.2 Å². The van der Waals surface area contributed by atoms with Crippen LogP contribution in [0, 0.1) is 0 Å². The van der Waals surface area contributed by atoms with Gasteiger partial charge in [0.1, 0.15) is 11.5 Å². The van der Waals surface area contributed by atoms with Gasteiger partial charge in [-0.05, 0) is 69.8 Å². The van der Waals surface area contributed by atoms with Crippen LogP contribution in [0.1, 0.15) is 52.9 Å². The highest BCUT2D eigenvalue weighted by Crippen LogP contribution is 2.18. The lowest BCUT2D eigenvalue weighted by molar-refractivity contribution is 0.298. The van der Waals surface area contributed by atoms with E-state index in [1.807, 2.05) is 24.3 Å². The molecule has 0 amide bonds. The lowest BCUT2D eigenvalue weighted by atomic mass is 10.1. The van der Waals surface area contributed by atoms with Gasteiger partial charge in [-0.1, -0.05) is 13.8 Å². The molecule has 0 saturated heterocycles. The van der Waals surface area contributed by atoms with Crippen LogP contribution in [0.4, 0.5) is 0 Å². The Kier molecular flexibility index (Phi) is 9.71. The Morgan fingerprint density at radius 2 is 1.52 bits per heavy atom. The molecule has 0 spiro atoms. The standard InChI is InChI=1S/C18H31NO2/c1-4-13-19-16(3)8-6-7-15-21-18-11-9-17(10-12-18)20-14-5-2/h9-12,16,19H,4-8,13-15H2,1-3H3. The molecule has 0 fully saturated rings. The number of hydrogen-bond acceptors (Lipinski definition) is 3. The highest BCUT2D eigenvalue weighted by molar-refractivity contribution is 5.31. The summed E-state index contributed by atoms with van der Waals surface area (Å²) in [5.74, 6) is 1.84. The quantitative estimate of drug-likeness (QED) is 0.579. The number of benzene rings is 1. The van der Waals surface area contributed by atoms with Crippen molar-refractivity contribution < 1.29 is 9.47 Å². The molecule has 21 heavy (non-hydrogen) atoms. The van der Waals surface area contributed by atoms with Gasteiger partial charge in [-0.25, -0.2) is 0 Å². The second-order valence-electron chi connectivity index (χ2n) is 5.52. The lowest BCUT2D eigenvalue weighted by Gasteiger charge is -2.13. The third kappa shape index (κ3) is 8.61. The first kappa shape index (κ1) is 17.8. The SMILES string of the molecule is CCCNC(C)CCCCOc1ccc(OCCC)cc1. The van der Waals surface area contributed by atoms with E-state index in [9.17, 15) is 0 Å². The van der Waals surface area contributed by atoms with Crippen LogP contribution in [0.15, 0.2) is 24.3 Å². The van der Waals surface area contributed by atoms with Crippen LogP contribution >= 0.6 is 0 Å². The summed E-state index contributed by atoms with van der Waals surface area (Å²) in [6, 6.07) is 8.52. The molecule has 1 rings (SSSR count). The predicted octanol–water partition coefficient (Wildman–Crippen LogP) is 4.41. The van der Waals surface area contributed by atoms with Crippen LogP contribution in [0.2, 0.25) is 0 Å². The minimum absolute atomic E-state index is 0.611. The molecule has 1 unspecified atom stereocenters. The summed E-state index contributed by atoms with van der Waals surface area (Å²) in [6.07, 6.45) is 5.75. The molecule has 1 atom stereocenters. The van der Waals surface area contributed by atoms with E-state index in [1.54, 1.807) is 0 Å². The number of hydrogen-bond donors (Lipinski definition) is 1. The molecule has 1 aromatic rings. The minimum Gasteiger partial charge on any atom is -0.494 e. The van der Waals surface area contributed by atoms with Crippen molar-refractivity contribution in [1.82, 2.24) is 5.32 Å². The highest BCUT2D eigenvalue weighted by Gasteiger charge is 2.00. The van der Waals surface area contributed by atoms with Crippen molar-refractivity contribution in [2.45, 2.75) is 58.9 Å². The Bertz CT molecular complexity index is 351. The van der Waals surface area contributed by atoms with E-state index in [4.69, 9.17) is 9.47 Å². The van der Waals surface area contributed by atoms with Crippen molar-refractivity contribution in [3.8, 4) is 11.5 Å². The van der Waals surface area contributed by atoms with Gasteiger partial charge in [-0.3, -0.25) is 0 Å². The number of unbranched alkanes of at least 4 members (excludes halogenated alkanes) is 1. The summed E-state index contributed by atoms with van der Waals surface area (Å²) in [6.45, 7) is 9.23. The number of nitrogens with one attached hydrogen (secondary N) is 1. The predicted molar refractivity (Wildman–Crippen MR) is 89.3 cm³/mol. The molecule has 3 heteroatoms. The monoisotopic (exact) mass is 293 g/mol. The summed E-state index contributed by atoms with van der Waals surface area (Å²) >= 11 is 0. The summed E-state index contributed by atoms with van der Waals surface area (Å²) in [7, 11) is 0. The van der Waals surface area contributed by atoms with E-state index < -0.39 is 0 Å². The van der Waals surface area contributed by atoms with E-state index in [2.05, 4.69) is 26.1 Å². The highest BCUT2D eigenvalue weighted by atomic mass is 16.5. The Labute approximate surface area is 130 Å². The normalized spacial score (nSPS) is 12.1. The fourth-order valence-electron chi connectivity index (χ4n) is 2.09. The molecular formula is C18H31NO2. The number of rotatable bonds is 12. The second kappa shape index (κ2) is 11.4. The Morgan fingerprint density at radius 1 is 0.905 bits per heavy atom. The van der Waals surface area contributed by atoms with Crippen molar-refractivity contribution in [1.29, 1.82) is 0 Å². The van der Waals surface area contributed by atoms with Crippen molar-refractivity contribution >= 4 is 0 Å². The minimum atomic E-state index is 0.611. The van der Waals surface area contributed by atoms with Crippen LogP contribution in [0.3, 0.4) is 0 Å². The zero-order valence-corrected chi connectivity index (χ0v) is 13.9. The molecule has 0 saturated carbocycles. The molecule has 1 aromatic carbocycles. The van der Waals surface area contributed by atoms with Crippen molar-refractivity contribution in [3.05, 3.63) is 24.3 Å². The molecule has 3 nitrogen and oxygen atoms in total. The Morgan fingerprint density at radius 3 is 2.10 bits per heavy atom. The van der Waals surface area contributed by atoms with Gasteiger partial charge in [0.2, 0.25) is 0 Å². The van der Waals surface area contributed by atoms with Crippen LogP contribution < -0.4 is 14.8 Å². The first-order valence-corrected chi connectivity index (χ1v) is 8.35. The van der Waals surface area contributed by atoms with Gasteiger partial charge in [0, 0.05) is 6.04 Å². The zero-order chi connectivity index (χ0) is 15.3. The Hall–Kier alpha value is -1.22. The first-order chi connectivity index (χ1) is 10.3. The topological polar surface area (TPSA) is 30.5 Å². The van der Waals surface area contributed by atoms with Gasteiger partial charge in [-0.15, -0.1) is 0 Å². The molecule has 0 radical (unpaired) electrons. The second-order valence-corrected chi connectivity index (χ2v) is 5.52. The van der Waals surface area contributed by atoms with E-state index in [-0.39, 0.29) is 0 Å². The molecule has 0 heterocycles. The lowest BCUT2D eigenvalue weighted by Crippen LogP contribution is -2.26. The summed E-state index contributed by atoms with van der Waals surface area (Å²) in [5, 5.41) is 3.51. The summed E-state index contributed by atoms with van der Waals surface area (Å²) in [5.41, 5.74) is 0. The maximum atomic E-state index is 5.75. The van der Waals surface area contributed by atoms with Gasteiger partial charge in [-0.2, -0.15) is 0 Å². The van der Waals surface area contributed by atoms with Gasteiger partial charge < -0.3 is 14.8 Å². The molecule has 1 N–H and O–H groups in total. The molecule has 0 aliphatic heterocycles. The smallest absolute Gasteiger partial charge is 0.119 e. The van der Waals surface area contributed by atoms with Crippen LogP contribution in [-0.2, 0) is 0 Å². The fourth-order valence-corrected chi connectivity index (χ4v) is 2.09. The van der Waals surface area contributed by atoms with E-state index in [1.165, 1.54) is 19.3 Å². The number of ether oxygens (including phenoxy) is 2. The third-order valence-electron chi connectivity index (χ3n) is 3.34. The maximum absolute atomic E-state index is 5.75. The molecule has 0 aromatic heterocycles. The molecule has 120 valence electrons. The maximum Gasteiger partial charge on any atom is 0.119 e. The van der Waals surface area contributed by atoms with Crippen LogP contribution in [0.5, 0.6) is 11.5 Å². The van der Waals surface area contributed by atoms with E-state index in [0.29, 0.717) is 6.04 Å². The van der Waals surface area contributed by atoms with Crippen LogP contribution in [-0.4, -0.2) is 25.8 Å². The van der Waals surface area contributed by atoms with E-state index >= 15 is 0 Å². The van der Waals surface area contributed by atoms with Gasteiger partial charge in [0.25, 0.3) is 0 Å². The third-order valence-corrected chi connectivity index (χ3v) is 3.34. The van der Waals surface area contributed by atoms with Gasteiger partial charge >= 0.3 is 0 Å². The molecular weight excluding hydrogens is 262 g/mol. The molecule has 0 bridgehead atoms. The van der Waals surface area contributed by atoms with Crippen LogP contribution in [0.25, 0.3) is 0 Å². The summed E-state index contributed by atoms with van der Waals surface area (Å²) in [4.78, 5) is 0. The molecule has 0 aliphatic rings. The van der Waals surface area contributed by atoms with Crippen molar-refractivity contribution in [3.63, 3.8) is 0 Å². The largest absolute Gasteiger partial charge is 0.494 e. The average molecular weight is 293 g/mol. The van der Waals surface area contributed by atoms with Crippen molar-refractivity contribution in [2.75, 3.05) is 19.8 Å². The first-order valence-electron chi connectivity index (χ1n) is 8.35. The average Bonchev–Trinajstić information content (AvgIpc) is 2.51. The van der Waals surface area contributed by atoms with Gasteiger partial charge in [0.15, 0.2) is 0 Å². The summed E-state index contributed by atoms with van der Waals surface area (Å²) < 4.78 is 11.3. The zero-order valence-electron chi connectivity index (χ0n) is 13.9. The van der Waals surface area contributed by atoms with Crippen molar-refractivity contribution in [2.24, 2.45) is 0 Å². The Balaban J connectivity index is 2.09. The molecule has 0 aliphatic carbocycles. The fraction of sp³-hybridized carbons (Fsp3) is 0.667. The van der Waals surface area contributed by atoms with E-state index in [0.717, 1.165) is 44.1 Å².